The maximum absolute atomic E-state index is 13.1. The molecule has 9 nitrogen and oxygen atoms in total. The number of carbonyl (C=O) groups excluding carboxylic acids is 2. The number of primary amides is 1. The van der Waals surface area contributed by atoms with E-state index < -0.39 is 18.1 Å². The number of rotatable bonds is 6. The summed E-state index contributed by atoms with van der Waals surface area (Å²) in [5, 5.41) is 5.61. The number of alkyl halides is 2. The van der Waals surface area contributed by atoms with Crippen LogP contribution in [-0.4, -0.2) is 28.1 Å². The van der Waals surface area contributed by atoms with Gasteiger partial charge in [-0.15, -0.1) is 20.1 Å². The van der Waals surface area contributed by atoms with Gasteiger partial charge in [-0.3, -0.25) is 14.6 Å². The molecule has 1 aromatic carbocycles. The second kappa shape index (κ2) is 7.55. The molecule has 3 aromatic rings. The molecule has 0 atom stereocenters. The second-order valence-corrected chi connectivity index (χ2v) is 6.94. The highest BCUT2D eigenvalue weighted by Crippen LogP contribution is 2.42. The van der Waals surface area contributed by atoms with Gasteiger partial charge < -0.3 is 25.8 Å². The number of fused-ring (bicyclic) bond motifs is 1. The van der Waals surface area contributed by atoms with Crippen molar-refractivity contribution in [3.8, 4) is 11.5 Å². The van der Waals surface area contributed by atoms with Gasteiger partial charge in [0, 0.05) is 24.5 Å². The Hall–Kier alpha value is -3.80. The largest absolute Gasteiger partial charge is 0.586 e. The summed E-state index contributed by atoms with van der Waals surface area (Å²) in [5.74, 6) is -1.11. The molecule has 0 unspecified atom stereocenters. The average molecular weight is 433 g/mol. The number of pyridine rings is 1. The van der Waals surface area contributed by atoms with Crippen molar-refractivity contribution in [3.63, 3.8) is 0 Å². The highest BCUT2D eigenvalue weighted by molar-refractivity contribution is 7.12. The Labute approximate surface area is 171 Å². The third kappa shape index (κ3) is 4.12. The molecule has 0 radical (unpaired) electrons. The first kappa shape index (κ1) is 19.5. The number of hydrogen-bond acceptors (Lipinski definition) is 8. The lowest BCUT2D eigenvalue weighted by Crippen LogP contribution is -2.25. The molecule has 1 aliphatic rings. The lowest BCUT2D eigenvalue weighted by Gasteiger charge is -2.08. The summed E-state index contributed by atoms with van der Waals surface area (Å²) in [4.78, 5) is 32.1. The van der Waals surface area contributed by atoms with Crippen LogP contribution in [0.15, 0.2) is 42.0 Å². The van der Waals surface area contributed by atoms with E-state index in [1.807, 2.05) is 0 Å². The van der Waals surface area contributed by atoms with Crippen LogP contribution in [0.4, 0.5) is 20.3 Å². The quantitative estimate of drug-likeness (QED) is 0.545. The van der Waals surface area contributed by atoms with E-state index in [1.54, 1.807) is 6.07 Å². The van der Waals surface area contributed by atoms with Gasteiger partial charge in [-0.2, -0.15) is 0 Å². The number of benzene rings is 1. The predicted molar refractivity (Wildman–Crippen MR) is 103 cm³/mol. The Kier molecular flexibility index (Phi) is 4.91. The Bertz CT molecular complexity index is 1140. The fourth-order valence-electron chi connectivity index (χ4n) is 2.65. The third-order valence-corrected chi connectivity index (χ3v) is 4.79. The van der Waals surface area contributed by atoms with E-state index in [2.05, 4.69) is 30.1 Å². The zero-order chi connectivity index (χ0) is 21.3. The number of hydrogen-bond donors (Lipinski definition) is 3. The van der Waals surface area contributed by atoms with Crippen LogP contribution in [0.2, 0.25) is 0 Å². The van der Waals surface area contributed by atoms with Crippen molar-refractivity contribution in [2.45, 2.75) is 12.8 Å². The van der Waals surface area contributed by atoms with Gasteiger partial charge in [-0.25, -0.2) is 4.98 Å². The van der Waals surface area contributed by atoms with Crippen LogP contribution < -0.4 is 25.8 Å². The molecule has 2 aromatic heterocycles. The number of nitrogens with zero attached hydrogens (tertiary/aromatic N) is 2. The minimum atomic E-state index is -3.74. The molecule has 0 saturated carbocycles. The van der Waals surface area contributed by atoms with Crippen LogP contribution in [0, 0.1) is 0 Å². The number of halogens is 2. The second-order valence-electron chi connectivity index (χ2n) is 6.08. The maximum atomic E-state index is 13.1. The number of thiazole rings is 1. The van der Waals surface area contributed by atoms with Crippen molar-refractivity contribution in [1.29, 1.82) is 0 Å². The molecule has 0 spiro atoms. The highest BCUT2D eigenvalue weighted by atomic mass is 32.1. The molecule has 12 heteroatoms. The summed E-state index contributed by atoms with van der Waals surface area (Å²) < 4.78 is 35.0. The zero-order valence-electron chi connectivity index (χ0n) is 15.0. The van der Waals surface area contributed by atoms with Crippen LogP contribution in [0.25, 0.3) is 0 Å². The summed E-state index contributed by atoms with van der Waals surface area (Å²) in [7, 11) is 0. The molecule has 3 heterocycles. The standard InChI is InChI=1S/C18H13F2N5O4S/c19-18(20)28-12-2-1-10(6-13(12)29-18)25-17(27)14-16(24-8-30-14)23-7-9-3-4-22-11(5-9)15(21)26/h1-6,8,23H,7H2,(H2,21,26)(H,25,27). The predicted octanol–water partition coefficient (Wildman–Crippen LogP) is 2.82. The summed E-state index contributed by atoms with van der Waals surface area (Å²) in [5.41, 5.74) is 7.79. The Balaban J connectivity index is 1.44. The number of ether oxygens (including phenoxy) is 2. The Morgan fingerprint density at radius 2 is 1.93 bits per heavy atom. The van der Waals surface area contributed by atoms with Gasteiger partial charge in [0.05, 0.1) is 5.51 Å². The van der Waals surface area contributed by atoms with E-state index in [1.165, 1.54) is 36.0 Å². The van der Waals surface area contributed by atoms with E-state index in [0.29, 0.717) is 5.82 Å². The number of anilines is 2. The number of carbonyl (C=O) groups is 2. The summed E-state index contributed by atoms with van der Waals surface area (Å²) >= 11 is 1.10. The van der Waals surface area contributed by atoms with Crippen LogP contribution >= 0.6 is 11.3 Å². The highest BCUT2D eigenvalue weighted by Gasteiger charge is 2.43. The fraction of sp³-hybridized carbons (Fsp3) is 0.111. The Morgan fingerprint density at radius 3 is 2.73 bits per heavy atom. The normalized spacial score (nSPS) is 13.7. The van der Waals surface area contributed by atoms with Gasteiger partial charge in [0.15, 0.2) is 11.5 Å². The average Bonchev–Trinajstić information content (AvgIpc) is 3.28. The van der Waals surface area contributed by atoms with Crippen LogP contribution in [-0.2, 0) is 6.54 Å². The molecule has 0 fully saturated rings. The molecule has 154 valence electrons. The molecule has 30 heavy (non-hydrogen) atoms. The molecule has 4 rings (SSSR count). The minimum Gasteiger partial charge on any atom is -0.395 e. The van der Waals surface area contributed by atoms with Crippen molar-refractivity contribution in [2.24, 2.45) is 5.73 Å². The molecule has 4 N–H and O–H groups in total. The lowest BCUT2D eigenvalue weighted by molar-refractivity contribution is -0.286. The third-order valence-electron chi connectivity index (χ3n) is 3.97. The van der Waals surface area contributed by atoms with Gasteiger partial charge in [-0.05, 0) is 29.8 Å². The van der Waals surface area contributed by atoms with Gasteiger partial charge in [-0.1, -0.05) is 0 Å². The van der Waals surface area contributed by atoms with Gasteiger partial charge in [0.1, 0.15) is 16.4 Å². The zero-order valence-corrected chi connectivity index (χ0v) is 15.8. The molecule has 0 aliphatic carbocycles. The molecule has 0 bridgehead atoms. The Morgan fingerprint density at radius 1 is 1.13 bits per heavy atom. The van der Waals surface area contributed by atoms with E-state index in [9.17, 15) is 18.4 Å². The van der Waals surface area contributed by atoms with E-state index in [-0.39, 0.29) is 34.3 Å². The lowest BCUT2D eigenvalue weighted by atomic mass is 10.2. The van der Waals surface area contributed by atoms with E-state index >= 15 is 0 Å². The van der Waals surface area contributed by atoms with Crippen LogP contribution in [0.1, 0.15) is 25.7 Å². The monoisotopic (exact) mass is 433 g/mol. The number of amides is 2. The topological polar surface area (TPSA) is 128 Å². The van der Waals surface area contributed by atoms with Crippen molar-refractivity contribution >= 4 is 34.7 Å². The summed E-state index contributed by atoms with van der Waals surface area (Å²) in [6.07, 6.45) is -2.28. The number of nitrogens with one attached hydrogen (secondary N) is 2. The van der Waals surface area contributed by atoms with Crippen molar-refractivity contribution in [2.75, 3.05) is 10.6 Å². The summed E-state index contributed by atoms with van der Waals surface area (Å²) in [6, 6.07) is 7.15. The van der Waals surface area contributed by atoms with E-state index in [4.69, 9.17) is 5.73 Å². The molecule has 0 saturated heterocycles. The number of aromatic nitrogens is 2. The maximum Gasteiger partial charge on any atom is 0.586 e. The van der Waals surface area contributed by atoms with E-state index in [0.717, 1.165) is 16.9 Å². The first-order valence-electron chi connectivity index (χ1n) is 8.44. The first-order valence-corrected chi connectivity index (χ1v) is 9.32. The van der Waals surface area contributed by atoms with Crippen LogP contribution in [0.3, 0.4) is 0 Å². The minimum absolute atomic E-state index is 0.120. The van der Waals surface area contributed by atoms with Gasteiger partial charge in [0.2, 0.25) is 0 Å². The molecule has 2 amide bonds. The molecular weight excluding hydrogens is 420 g/mol. The van der Waals surface area contributed by atoms with Gasteiger partial charge in [0.25, 0.3) is 11.8 Å². The first-order chi connectivity index (χ1) is 14.3. The van der Waals surface area contributed by atoms with Gasteiger partial charge >= 0.3 is 6.29 Å². The van der Waals surface area contributed by atoms with Crippen molar-refractivity contribution < 1.29 is 27.8 Å². The summed E-state index contributed by atoms with van der Waals surface area (Å²) in [6.45, 7) is 0.270. The fourth-order valence-corrected chi connectivity index (χ4v) is 3.31. The smallest absolute Gasteiger partial charge is 0.395 e. The van der Waals surface area contributed by atoms with Crippen molar-refractivity contribution in [1.82, 2.24) is 9.97 Å². The molecular formula is C18H13F2N5O4S. The molecule has 1 aliphatic heterocycles. The number of nitrogens with two attached hydrogens (primary N) is 1. The van der Waals surface area contributed by atoms with Crippen LogP contribution in [0.5, 0.6) is 11.5 Å². The van der Waals surface area contributed by atoms with Crippen molar-refractivity contribution in [3.05, 3.63) is 58.2 Å². The SMILES string of the molecule is NC(=O)c1cc(CNc2ncsc2C(=O)Nc2ccc3c(c2)OC(F)(F)O3)ccn1.